The van der Waals surface area contributed by atoms with E-state index in [1.54, 1.807) is 0 Å². The van der Waals surface area contributed by atoms with Gasteiger partial charge in [-0.2, -0.15) is 0 Å². The Kier molecular flexibility index (Phi) is 13.7. The number of carbonyl (C=O) groups excluding carboxylic acids is 1. The molecule has 6 aliphatic rings. The number of allylic oxidation sites excluding steroid dienone is 3. The zero-order valence-electron chi connectivity index (χ0n) is 31.2. The number of hydrogen-bond donors (Lipinski definition) is 2. The summed E-state index contributed by atoms with van der Waals surface area (Å²) in [7, 11) is 0. The Morgan fingerprint density at radius 3 is 2.02 bits per heavy atom. The van der Waals surface area contributed by atoms with E-state index in [2.05, 4.69) is 17.9 Å². The number of carbonyl (C=O) groups is 1. The maximum absolute atomic E-state index is 13.0. The van der Waals surface area contributed by atoms with Crippen molar-refractivity contribution in [3.8, 4) is 0 Å². The van der Waals surface area contributed by atoms with Crippen LogP contribution in [-0.4, -0.2) is 58.0 Å². The number of hydrogen-bond acceptors (Lipinski definition) is 6. The predicted molar refractivity (Wildman–Crippen MR) is 197 cm³/mol. The van der Waals surface area contributed by atoms with Gasteiger partial charge < -0.3 is 19.7 Å². The van der Waals surface area contributed by atoms with Gasteiger partial charge in [0.1, 0.15) is 11.9 Å². The average Bonchev–Trinajstić information content (AvgIpc) is 3.43. The second kappa shape index (κ2) is 17.9. The van der Waals surface area contributed by atoms with E-state index in [9.17, 15) is 15.0 Å². The molecule has 1 spiro atoms. The Morgan fingerprint density at radius 2 is 1.45 bits per heavy atom. The Hall–Kier alpha value is -1.37. The fraction of sp³-hybridized carbons (Fsp3) is 0.884. The summed E-state index contributed by atoms with van der Waals surface area (Å²) in [6, 6.07) is 0.101. The molecule has 2 saturated heterocycles. The van der Waals surface area contributed by atoms with Crippen molar-refractivity contribution in [2.75, 3.05) is 13.1 Å². The molecule has 2 N–H and O–H groups in total. The lowest BCUT2D eigenvalue weighted by atomic mass is 9.44. The van der Waals surface area contributed by atoms with Crippen LogP contribution in [0.1, 0.15) is 180 Å². The van der Waals surface area contributed by atoms with Crippen LogP contribution in [-0.2, 0) is 14.3 Å². The van der Waals surface area contributed by atoms with Crippen LogP contribution in [0.25, 0.3) is 0 Å². The first-order valence-corrected chi connectivity index (χ1v) is 21.4. The molecular formula is C43H71NO5. The first kappa shape index (κ1) is 37.4. The summed E-state index contributed by atoms with van der Waals surface area (Å²) in [6.45, 7) is 4.32. The number of aliphatic hydroxyl groups is 2. The first-order chi connectivity index (χ1) is 24.0. The van der Waals surface area contributed by atoms with Crippen molar-refractivity contribution in [1.82, 2.24) is 4.90 Å². The molecule has 0 aromatic carbocycles. The number of aliphatic hydroxyl groups excluding tert-OH is 1. The van der Waals surface area contributed by atoms with Crippen LogP contribution < -0.4 is 0 Å². The van der Waals surface area contributed by atoms with E-state index >= 15 is 0 Å². The summed E-state index contributed by atoms with van der Waals surface area (Å²) in [6.07, 6.45) is 35.8. The smallest absolute Gasteiger partial charge is 0.311 e. The summed E-state index contributed by atoms with van der Waals surface area (Å²) < 4.78 is 12.6. The molecule has 278 valence electrons. The molecule has 2 heterocycles. The van der Waals surface area contributed by atoms with Crippen LogP contribution >= 0.6 is 0 Å². The highest BCUT2D eigenvalue weighted by molar-refractivity contribution is 5.71. The zero-order valence-corrected chi connectivity index (χ0v) is 31.2. The van der Waals surface area contributed by atoms with Gasteiger partial charge in [0.05, 0.1) is 17.1 Å². The lowest BCUT2D eigenvalue weighted by Crippen LogP contribution is -2.77. The van der Waals surface area contributed by atoms with Gasteiger partial charge in [-0.15, -0.1) is 0 Å². The van der Waals surface area contributed by atoms with E-state index in [0.717, 1.165) is 50.4 Å². The van der Waals surface area contributed by atoms with Gasteiger partial charge >= 0.3 is 5.97 Å². The lowest BCUT2D eigenvalue weighted by molar-refractivity contribution is -0.268. The summed E-state index contributed by atoms with van der Waals surface area (Å²) in [4.78, 5) is 15.6. The van der Waals surface area contributed by atoms with E-state index < -0.39 is 23.2 Å². The molecule has 7 unspecified atom stereocenters. The van der Waals surface area contributed by atoms with Crippen molar-refractivity contribution in [3.05, 3.63) is 23.7 Å². The van der Waals surface area contributed by atoms with Crippen LogP contribution in [0.4, 0.5) is 0 Å². The number of likely N-dealkylation sites (tertiary alicyclic amines) is 1. The second-order valence-electron chi connectivity index (χ2n) is 17.2. The topological polar surface area (TPSA) is 79.2 Å². The number of rotatable bonds is 23. The Bertz CT molecular complexity index is 1120. The van der Waals surface area contributed by atoms with Gasteiger partial charge in [0.25, 0.3) is 0 Å². The summed E-state index contributed by atoms with van der Waals surface area (Å²) in [5.74, 6) is 2.04. The Morgan fingerprint density at radius 1 is 0.857 bits per heavy atom. The van der Waals surface area contributed by atoms with Crippen molar-refractivity contribution in [1.29, 1.82) is 0 Å². The van der Waals surface area contributed by atoms with Crippen LogP contribution in [0.3, 0.4) is 0 Å². The van der Waals surface area contributed by atoms with Gasteiger partial charge in [-0.05, 0) is 69.4 Å². The molecular weight excluding hydrogens is 610 g/mol. The van der Waals surface area contributed by atoms with E-state index in [-0.39, 0.29) is 23.8 Å². The molecule has 2 bridgehead atoms. The third kappa shape index (κ3) is 8.32. The third-order valence-corrected chi connectivity index (χ3v) is 14.0. The van der Waals surface area contributed by atoms with Gasteiger partial charge in [-0.1, -0.05) is 135 Å². The summed E-state index contributed by atoms with van der Waals surface area (Å²) >= 11 is 0. The zero-order chi connectivity index (χ0) is 34.1. The maximum Gasteiger partial charge on any atom is 0.311 e. The maximum atomic E-state index is 13.0. The van der Waals surface area contributed by atoms with Gasteiger partial charge in [-0.3, -0.25) is 9.69 Å². The largest absolute Gasteiger partial charge is 0.487 e. The fourth-order valence-corrected chi connectivity index (χ4v) is 11.0. The van der Waals surface area contributed by atoms with Crippen LogP contribution in [0.15, 0.2) is 23.7 Å². The molecule has 6 heteroatoms. The van der Waals surface area contributed by atoms with Gasteiger partial charge in [0, 0.05) is 24.9 Å². The highest BCUT2D eigenvalue weighted by atomic mass is 16.6. The van der Waals surface area contributed by atoms with Crippen molar-refractivity contribution in [2.24, 2.45) is 23.2 Å². The molecule has 0 aromatic rings. The van der Waals surface area contributed by atoms with E-state index in [4.69, 9.17) is 9.47 Å². The Balaban J connectivity index is 0.864. The normalized spacial score (nSPS) is 33.3. The number of unbranched alkanes of at least 4 members (excludes halogenated alkanes) is 18. The molecule has 0 radical (unpaired) electrons. The van der Waals surface area contributed by atoms with Crippen molar-refractivity contribution >= 4 is 5.97 Å². The van der Waals surface area contributed by atoms with Crippen molar-refractivity contribution in [2.45, 2.75) is 204 Å². The number of esters is 1. The van der Waals surface area contributed by atoms with E-state index in [0.29, 0.717) is 25.0 Å². The first-order valence-electron chi connectivity index (χ1n) is 21.4. The molecule has 6 rings (SSSR count). The molecule has 49 heavy (non-hydrogen) atoms. The molecule has 3 saturated carbocycles. The Labute approximate surface area is 298 Å². The minimum Gasteiger partial charge on any atom is -0.487 e. The fourth-order valence-electron chi connectivity index (χ4n) is 11.0. The lowest BCUT2D eigenvalue weighted by Gasteiger charge is -2.67. The minimum absolute atomic E-state index is 0.0257. The number of ether oxygens (including phenoxy) is 2. The van der Waals surface area contributed by atoms with Gasteiger partial charge in [0.2, 0.25) is 0 Å². The van der Waals surface area contributed by atoms with Gasteiger partial charge in [-0.25, -0.2) is 0 Å². The van der Waals surface area contributed by atoms with E-state index in [1.807, 2.05) is 6.08 Å². The minimum atomic E-state index is -0.880. The van der Waals surface area contributed by atoms with Crippen molar-refractivity contribution in [3.63, 3.8) is 0 Å². The molecule has 2 aliphatic heterocycles. The van der Waals surface area contributed by atoms with Gasteiger partial charge in [0.15, 0.2) is 5.76 Å². The van der Waals surface area contributed by atoms with E-state index in [1.165, 1.54) is 128 Å². The van der Waals surface area contributed by atoms with Crippen LogP contribution in [0.5, 0.6) is 0 Å². The molecule has 7 atom stereocenters. The molecule has 0 amide bonds. The number of nitrogens with zero attached hydrogens (tertiary/aromatic N) is 1. The SMILES string of the molecule is CCCCCCCCCCCCCCCCCCCCCC(=O)OC1=C2OC3C(O)CCC4(O)C5CC(C=C1)C2C34CCN5CC1CCC1. The van der Waals surface area contributed by atoms with Crippen LogP contribution in [0, 0.1) is 23.2 Å². The third-order valence-electron chi connectivity index (χ3n) is 14.0. The molecule has 4 aliphatic carbocycles. The highest BCUT2D eigenvalue weighted by Crippen LogP contribution is 2.70. The highest BCUT2D eigenvalue weighted by Gasteiger charge is 2.77. The molecule has 0 aromatic heterocycles. The number of piperidine rings is 1. The predicted octanol–water partition coefficient (Wildman–Crippen LogP) is 9.91. The molecule has 6 nitrogen and oxygen atoms in total. The standard InChI is InChI=1S/C43H71NO5/c1-2-3-4-5-6-7-8-9-10-11-12-13-14-15-16-17-18-19-20-24-38(46)48-36-26-25-34-31-37-43(47)28-27-35(45)41-42(43,39(34)40(36)49-41)29-30-44(37)32-33-22-21-23-33/h25-26,33-35,37,39,41,45,47H,2-24,27-32H2,1H3. The van der Waals surface area contributed by atoms with Crippen molar-refractivity contribution < 1.29 is 24.5 Å². The quantitative estimate of drug-likeness (QED) is 0.0826. The second-order valence-corrected chi connectivity index (χ2v) is 17.2. The average molecular weight is 682 g/mol. The summed E-state index contributed by atoms with van der Waals surface area (Å²) in [5, 5.41) is 23.8. The molecule has 5 fully saturated rings. The van der Waals surface area contributed by atoms with Crippen LogP contribution in [0.2, 0.25) is 0 Å². The monoisotopic (exact) mass is 682 g/mol. The summed E-state index contributed by atoms with van der Waals surface area (Å²) in [5.41, 5.74) is -1.39.